The first kappa shape index (κ1) is 17.9. The zero-order valence-electron chi connectivity index (χ0n) is 14.6. The van der Waals surface area contributed by atoms with Gasteiger partial charge in [0.05, 0.1) is 23.8 Å². The van der Waals surface area contributed by atoms with Crippen molar-refractivity contribution >= 4 is 28.6 Å². The summed E-state index contributed by atoms with van der Waals surface area (Å²) < 4.78 is 0. The van der Waals surface area contributed by atoms with Gasteiger partial charge in [0, 0.05) is 29.3 Å². The van der Waals surface area contributed by atoms with Crippen molar-refractivity contribution in [2.75, 3.05) is 20.1 Å². The topological polar surface area (TPSA) is 40.5 Å². The van der Waals surface area contributed by atoms with Crippen molar-refractivity contribution in [3.05, 3.63) is 38.5 Å². The molecule has 2 heterocycles. The molecule has 4 nitrogen and oxygen atoms in total. The Hall–Kier alpha value is -1.40. The molecule has 0 spiro atoms. The fraction of sp³-hybridized carbons (Fsp3) is 0.529. The Morgan fingerprint density at radius 1 is 1.39 bits per heavy atom. The zero-order valence-corrected chi connectivity index (χ0v) is 16.2. The molecule has 2 aromatic heterocycles. The Labute approximate surface area is 147 Å². The lowest BCUT2D eigenvalue weighted by Crippen LogP contribution is -2.39. The number of aryl methyl sites for hydroxylation is 1. The second-order valence-electron chi connectivity index (χ2n) is 6.25. The van der Waals surface area contributed by atoms with E-state index in [1.165, 1.54) is 4.88 Å². The average Bonchev–Trinajstić information content (AvgIpc) is 3.15. The van der Waals surface area contributed by atoms with Gasteiger partial charge in [-0.05, 0) is 25.3 Å². The number of nitrogens with zero attached hydrogens (tertiary/aromatic N) is 3. The zero-order chi connectivity index (χ0) is 16.9. The Morgan fingerprint density at radius 3 is 2.74 bits per heavy atom. The van der Waals surface area contributed by atoms with E-state index in [0.717, 1.165) is 36.3 Å². The number of aliphatic imine (C=N–C) groups is 1. The summed E-state index contributed by atoms with van der Waals surface area (Å²) >= 11 is 3.49. The van der Waals surface area contributed by atoms with Crippen molar-refractivity contribution in [2.24, 2.45) is 4.99 Å². The van der Waals surface area contributed by atoms with E-state index in [1.807, 2.05) is 6.92 Å². The van der Waals surface area contributed by atoms with Gasteiger partial charge in [0.2, 0.25) is 0 Å². The molecule has 0 fully saturated rings. The number of aromatic nitrogens is 1. The molecule has 0 radical (unpaired) electrons. The molecule has 6 heteroatoms. The summed E-state index contributed by atoms with van der Waals surface area (Å²) in [7, 11) is 2.06. The lowest BCUT2D eigenvalue weighted by molar-refractivity contribution is 0.463. The molecule has 0 aliphatic heterocycles. The minimum Gasteiger partial charge on any atom is -0.357 e. The predicted molar refractivity (Wildman–Crippen MR) is 102 cm³/mol. The molecule has 0 unspecified atom stereocenters. The summed E-state index contributed by atoms with van der Waals surface area (Å²) in [4.78, 5) is 12.9. The van der Waals surface area contributed by atoms with Crippen LogP contribution in [-0.2, 0) is 12.0 Å². The summed E-state index contributed by atoms with van der Waals surface area (Å²) in [6, 6.07) is 4.29. The van der Waals surface area contributed by atoms with E-state index in [-0.39, 0.29) is 5.41 Å². The summed E-state index contributed by atoms with van der Waals surface area (Å²) in [5.41, 5.74) is 1.14. The van der Waals surface area contributed by atoms with Crippen LogP contribution in [0.1, 0.15) is 36.3 Å². The average molecular weight is 351 g/mol. The fourth-order valence-corrected chi connectivity index (χ4v) is 3.73. The molecule has 1 N–H and O–H groups in total. The Kier molecular flexibility index (Phi) is 6.18. The summed E-state index contributed by atoms with van der Waals surface area (Å²) in [6.45, 7) is 11.0. The van der Waals surface area contributed by atoms with E-state index in [4.69, 9.17) is 4.99 Å². The van der Waals surface area contributed by atoms with Gasteiger partial charge in [-0.3, -0.25) is 4.99 Å². The van der Waals surface area contributed by atoms with Gasteiger partial charge < -0.3 is 10.2 Å². The van der Waals surface area contributed by atoms with Crippen LogP contribution in [-0.4, -0.2) is 36.0 Å². The van der Waals surface area contributed by atoms with Gasteiger partial charge in [-0.15, -0.1) is 22.7 Å². The van der Waals surface area contributed by atoms with E-state index in [9.17, 15) is 0 Å². The first-order valence-electron chi connectivity index (χ1n) is 7.87. The SMILES string of the molecule is CCNC(=NCC(C)(C)c1cccs1)N(C)Cc1csc(C)n1. The minimum atomic E-state index is 0.0485. The third-order valence-corrected chi connectivity index (χ3v) is 5.63. The van der Waals surface area contributed by atoms with Crippen LogP contribution in [0.25, 0.3) is 0 Å². The highest BCUT2D eigenvalue weighted by Crippen LogP contribution is 2.27. The van der Waals surface area contributed by atoms with Gasteiger partial charge in [-0.25, -0.2) is 4.98 Å². The first-order valence-corrected chi connectivity index (χ1v) is 9.62. The largest absolute Gasteiger partial charge is 0.357 e. The van der Waals surface area contributed by atoms with Crippen LogP contribution < -0.4 is 5.32 Å². The van der Waals surface area contributed by atoms with Crippen molar-refractivity contribution < 1.29 is 0 Å². The molecule has 2 rings (SSSR count). The highest BCUT2D eigenvalue weighted by molar-refractivity contribution is 7.10. The van der Waals surface area contributed by atoms with Gasteiger partial charge >= 0.3 is 0 Å². The molecular weight excluding hydrogens is 324 g/mol. The third-order valence-electron chi connectivity index (χ3n) is 3.57. The normalized spacial score (nSPS) is 12.5. The van der Waals surface area contributed by atoms with E-state index >= 15 is 0 Å². The number of thiazole rings is 1. The van der Waals surface area contributed by atoms with Crippen molar-refractivity contribution in [2.45, 2.75) is 39.7 Å². The quantitative estimate of drug-likeness (QED) is 0.635. The summed E-state index contributed by atoms with van der Waals surface area (Å²) in [6.07, 6.45) is 0. The maximum absolute atomic E-state index is 4.86. The van der Waals surface area contributed by atoms with Crippen LogP contribution in [0, 0.1) is 6.92 Å². The van der Waals surface area contributed by atoms with E-state index in [2.05, 4.69) is 65.9 Å². The fourth-order valence-electron chi connectivity index (χ4n) is 2.28. The van der Waals surface area contributed by atoms with Crippen molar-refractivity contribution in [3.8, 4) is 0 Å². The molecule has 23 heavy (non-hydrogen) atoms. The Balaban J connectivity index is 2.07. The minimum absolute atomic E-state index is 0.0485. The van der Waals surface area contributed by atoms with Crippen LogP contribution in [0.2, 0.25) is 0 Å². The van der Waals surface area contributed by atoms with E-state index in [0.29, 0.717) is 0 Å². The molecule has 0 aliphatic rings. The maximum Gasteiger partial charge on any atom is 0.194 e. The molecule has 0 aromatic carbocycles. The molecule has 0 atom stereocenters. The first-order chi connectivity index (χ1) is 10.9. The van der Waals surface area contributed by atoms with E-state index < -0.39 is 0 Å². The lowest BCUT2D eigenvalue weighted by atomic mass is 9.92. The lowest BCUT2D eigenvalue weighted by Gasteiger charge is -2.25. The van der Waals surface area contributed by atoms with Crippen LogP contribution in [0.3, 0.4) is 0 Å². The Bertz CT molecular complexity index is 629. The molecule has 0 bridgehead atoms. The monoisotopic (exact) mass is 350 g/mol. The van der Waals surface area contributed by atoms with Crippen LogP contribution in [0.4, 0.5) is 0 Å². The number of rotatable bonds is 6. The molecule has 0 amide bonds. The summed E-state index contributed by atoms with van der Waals surface area (Å²) in [5.74, 6) is 0.933. The van der Waals surface area contributed by atoms with Gasteiger partial charge in [0.15, 0.2) is 5.96 Å². The second-order valence-corrected chi connectivity index (χ2v) is 8.26. The number of hydrogen-bond acceptors (Lipinski definition) is 4. The molecule has 126 valence electrons. The molecule has 0 saturated carbocycles. The second kappa shape index (κ2) is 7.93. The Morgan fingerprint density at radius 2 is 2.17 bits per heavy atom. The van der Waals surface area contributed by atoms with Gasteiger partial charge in [-0.2, -0.15) is 0 Å². The van der Waals surface area contributed by atoms with Crippen molar-refractivity contribution in [3.63, 3.8) is 0 Å². The number of guanidine groups is 1. The van der Waals surface area contributed by atoms with Gasteiger partial charge in [0.25, 0.3) is 0 Å². The predicted octanol–water partition coefficient (Wildman–Crippen LogP) is 3.89. The third kappa shape index (κ3) is 5.04. The standard InChI is InChI=1S/C17H26N4S2/c1-6-18-16(21(5)10-14-11-23-13(2)20-14)19-12-17(3,4)15-8-7-9-22-15/h7-9,11H,6,10,12H2,1-5H3,(H,18,19). The van der Waals surface area contributed by atoms with Gasteiger partial charge in [-0.1, -0.05) is 19.9 Å². The number of nitrogens with one attached hydrogen (secondary N) is 1. The van der Waals surface area contributed by atoms with E-state index in [1.54, 1.807) is 22.7 Å². The highest BCUT2D eigenvalue weighted by Gasteiger charge is 2.22. The van der Waals surface area contributed by atoms with Gasteiger partial charge in [0.1, 0.15) is 0 Å². The smallest absolute Gasteiger partial charge is 0.194 e. The molecule has 2 aromatic rings. The van der Waals surface area contributed by atoms with Crippen LogP contribution in [0.15, 0.2) is 27.9 Å². The van der Waals surface area contributed by atoms with Crippen LogP contribution in [0.5, 0.6) is 0 Å². The summed E-state index contributed by atoms with van der Waals surface area (Å²) in [5, 5.41) is 8.73. The van der Waals surface area contributed by atoms with Crippen molar-refractivity contribution in [1.29, 1.82) is 0 Å². The molecule has 0 aliphatic carbocycles. The molecule has 0 saturated heterocycles. The highest BCUT2D eigenvalue weighted by atomic mass is 32.1. The molecular formula is C17H26N4S2. The maximum atomic E-state index is 4.86. The number of thiophene rings is 1. The number of hydrogen-bond donors (Lipinski definition) is 1. The van der Waals surface area contributed by atoms with Crippen molar-refractivity contribution in [1.82, 2.24) is 15.2 Å². The van der Waals surface area contributed by atoms with Crippen LogP contribution >= 0.6 is 22.7 Å².